The van der Waals surface area contributed by atoms with Crippen LogP contribution in [0.25, 0.3) is 0 Å². The molecule has 0 aliphatic heterocycles. The molecule has 2 rings (SSSR count). The van der Waals surface area contributed by atoms with E-state index in [0.717, 1.165) is 17.9 Å². The van der Waals surface area contributed by atoms with Crippen molar-refractivity contribution < 1.29 is 9.47 Å². The molecule has 2 aromatic rings. The zero-order chi connectivity index (χ0) is 13.5. The van der Waals surface area contributed by atoms with Crippen molar-refractivity contribution in [3.63, 3.8) is 0 Å². The van der Waals surface area contributed by atoms with Gasteiger partial charge in [0.05, 0.1) is 19.0 Å². The van der Waals surface area contributed by atoms with Crippen LogP contribution in [0.5, 0.6) is 17.5 Å². The first kappa shape index (κ1) is 13.3. The maximum absolute atomic E-state index is 5.67. The minimum atomic E-state index is 0.424. The Labute approximate surface area is 112 Å². The van der Waals surface area contributed by atoms with Gasteiger partial charge in [0, 0.05) is 6.54 Å². The number of ether oxygens (including phenoxy) is 2. The smallest absolute Gasteiger partial charge is 0.241 e. The van der Waals surface area contributed by atoms with Crippen LogP contribution in [0.15, 0.2) is 36.7 Å². The molecule has 19 heavy (non-hydrogen) atoms. The van der Waals surface area contributed by atoms with Crippen LogP contribution in [0.2, 0.25) is 0 Å². The van der Waals surface area contributed by atoms with Gasteiger partial charge in [0.25, 0.3) is 0 Å². The van der Waals surface area contributed by atoms with Crippen LogP contribution < -0.4 is 14.8 Å². The molecule has 0 aliphatic rings. The van der Waals surface area contributed by atoms with Gasteiger partial charge in [-0.1, -0.05) is 12.1 Å². The molecule has 0 atom stereocenters. The number of hydrogen-bond donors (Lipinski definition) is 1. The highest BCUT2D eigenvalue weighted by atomic mass is 16.5. The molecule has 0 radical (unpaired) electrons. The van der Waals surface area contributed by atoms with E-state index < -0.39 is 0 Å². The summed E-state index contributed by atoms with van der Waals surface area (Å²) in [5.74, 6) is 1.62. The lowest BCUT2D eigenvalue weighted by Crippen LogP contribution is -2.04. The van der Waals surface area contributed by atoms with Crippen LogP contribution in [-0.2, 0) is 6.54 Å². The molecule has 5 heteroatoms. The first-order valence-electron chi connectivity index (χ1n) is 6.18. The Morgan fingerprint density at radius 1 is 1.21 bits per heavy atom. The van der Waals surface area contributed by atoms with Crippen LogP contribution in [0.3, 0.4) is 0 Å². The van der Waals surface area contributed by atoms with Crippen molar-refractivity contribution >= 4 is 0 Å². The fraction of sp³-hybridized carbons (Fsp3) is 0.286. The zero-order valence-electron chi connectivity index (χ0n) is 11.1. The topological polar surface area (TPSA) is 56.3 Å². The number of rotatable bonds is 6. The van der Waals surface area contributed by atoms with E-state index >= 15 is 0 Å². The van der Waals surface area contributed by atoms with Gasteiger partial charge in [-0.05, 0) is 31.7 Å². The molecule has 0 aliphatic carbocycles. The Kier molecular flexibility index (Phi) is 4.69. The van der Waals surface area contributed by atoms with Gasteiger partial charge in [-0.3, -0.25) is 4.98 Å². The molecule has 0 fully saturated rings. The lowest BCUT2D eigenvalue weighted by Gasteiger charge is -2.07. The van der Waals surface area contributed by atoms with Gasteiger partial charge in [-0.15, -0.1) is 0 Å². The third-order valence-corrected chi connectivity index (χ3v) is 2.38. The van der Waals surface area contributed by atoms with Crippen molar-refractivity contribution in [1.29, 1.82) is 0 Å². The van der Waals surface area contributed by atoms with Gasteiger partial charge < -0.3 is 14.8 Å². The lowest BCUT2D eigenvalue weighted by atomic mass is 10.2. The predicted octanol–water partition coefficient (Wildman–Crippen LogP) is 2.39. The van der Waals surface area contributed by atoms with Gasteiger partial charge in [-0.2, -0.15) is 4.98 Å². The molecular formula is C14H17N3O2. The van der Waals surface area contributed by atoms with Crippen molar-refractivity contribution in [3.8, 4) is 17.5 Å². The molecule has 1 aromatic heterocycles. The fourth-order valence-electron chi connectivity index (χ4n) is 1.64. The molecule has 0 amide bonds. The fourth-order valence-corrected chi connectivity index (χ4v) is 1.64. The van der Waals surface area contributed by atoms with Crippen molar-refractivity contribution in [2.75, 3.05) is 13.7 Å². The molecule has 0 unspecified atom stereocenters. The van der Waals surface area contributed by atoms with Crippen molar-refractivity contribution in [1.82, 2.24) is 15.3 Å². The standard InChI is InChI=1S/C14H17N3O2/c1-3-18-13-9-16-10-14(17-13)19-12-6-4-5-11(7-12)8-15-2/h4-7,9-10,15H,3,8H2,1-2H3. The zero-order valence-corrected chi connectivity index (χ0v) is 11.1. The molecule has 0 saturated carbocycles. The van der Waals surface area contributed by atoms with E-state index in [1.54, 1.807) is 12.4 Å². The molecule has 0 spiro atoms. The SMILES string of the molecule is CCOc1cncc(Oc2cccc(CNC)c2)n1. The number of benzene rings is 1. The van der Waals surface area contributed by atoms with Crippen LogP contribution in [-0.4, -0.2) is 23.6 Å². The highest BCUT2D eigenvalue weighted by molar-refractivity contribution is 5.31. The van der Waals surface area contributed by atoms with Gasteiger partial charge in [0.2, 0.25) is 11.8 Å². The largest absolute Gasteiger partial charge is 0.477 e. The summed E-state index contributed by atoms with van der Waals surface area (Å²) in [6, 6.07) is 7.83. The van der Waals surface area contributed by atoms with E-state index in [1.807, 2.05) is 38.2 Å². The summed E-state index contributed by atoms with van der Waals surface area (Å²) in [6.07, 6.45) is 3.13. The van der Waals surface area contributed by atoms with Crippen LogP contribution >= 0.6 is 0 Å². The summed E-state index contributed by atoms with van der Waals surface area (Å²) in [4.78, 5) is 8.24. The minimum Gasteiger partial charge on any atom is -0.477 e. The van der Waals surface area contributed by atoms with E-state index in [4.69, 9.17) is 9.47 Å². The molecule has 0 bridgehead atoms. The van der Waals surface area contributed by atoms with Crippen molar-refractivity contribution in [2.45, 2.75) is 13.5 Å². The number of aromatic nitrogens is 2. The van der Waals surface area contributed by atoms with Crippen LogP contribution in [0.1, 0.15) is 12.5 Å². The highest BCUT2D eigenvalue weighted by Crippen LogP contribution is 2.21. The third kappa shape index (κ3) is 3.93. The van der Waals surface area contributed by atoms with E-state index in [1.165, 1.54) is 0 Å². The predicted molar refractivity (Wildman–Crippen MR) is 72.5 cm³/mol. The Balaban J connectivity index is 2.11. The molecule has 1 heterocycles. The van der Waals surface area contributed by atoms with Crippen LogP contribution in [0, 0.1) is 0 Å². The second kappa shape index (κ2) is 6.70. The summed E-state index contributed by atoms with van der Waals surface area (Å²) in [6.45, 7) is 3.24. The maximum Gasteiger partial charge on any atom is 0.241 e. The summed E-state index contributed by atoms with van der Waals surface area (Å²) in [7, 11) is 1.91. The van der Waals surface area contributed by atoms with Crippen molar-refractivity contribution in [3.05, 3.63) is 42.2 Å². The average molecular weight is 259 g/mol. The van der Waals surface area contributed by atoms with Gasteiger partial charge in [-0.25, -0.2) is 0 Å². The number of nitrogens with zero attached hydrogens (tertiary/aromatic N) is 2. The van der Waals surface area contributed by atoms with Gasteiger partial charge in [0.1, 0.15) is 5.75 Å². The van der Waals surface area contributed by atoms with E-state index in [2.05, 4.69) is 15.3 Å². The molecule has 1 N–H and O–H groups in total. The maximum atomic E-state index is 5.67. The van der Waals surface area contributed by atoms with E-state index in [-0.39, 0.29) is 0 Å². The van der Waals surface area contributed by atoms with E-state index in [9.17, 15) is 0 Å². The second-order valence-corrected chi connectivity index (χ2v) is 3.91. The van der Waals surface area contributed by atoms with Crippen LogP contribution in [0.4, 0.5) is 0 Å². The summed E-state index contributed by atoms with van der Waals surface area (Å²) < 4.78 is 11.0. The summed E-state index contributed by atoms with van der Waals surface area (Å²) in [5, 5.41) is 3.10. The number of hydrogen-bond acceptors (Lipinski definition) is 5. The molecule has 100 valence electrons. The highest BCUT2D eigenvalue weighted by Gasteiger charge is 2.03. The minimum absolute atomic E-state index is 0.424. The molecule has 5 nitrogen and oxygen atoms in total. The Morgan fingerprint density at radius 2 is 2.05 bits per heavy atom. The normalized spacial score (nSPS) is 10.2. The second-order valence-electron chi connectivity index (χ2n) is 3.91. The number of nitrogens with one attached hydrogen (secondary N) is 1. The van der Waals surface area contributed by atoms with Gasteiger partial charge in [0.15, 0.2) is 0 Å². The first-order chi connectivity index (χ1) is 9.31. The lowest BCUT2D eigenvalue weighted by molar-refractivity contribution is 0.318. The summed E-state index contributed by atoms with van der Waals surface area (Å²) >= 11 is 0. The Hall–Kier alpha value is -2.14. The monoisotopic (exact) mass is 259 g/mol. The van der Waals surface area contributed by atoms with Gasteiger partial charge >= 0.3 is 0 Å². The van der Waals surface area contributed by atoms with E-state index in [0.29, 0.717) is 18.4 Å². The molecular weight excluding hydrogens is 242 g/mol. The quantitative estimate of drug-likeness (QED) is 0.863. The Bertz CT molecular complexity index is 484. The Morgan fingerprint density at radius 3 is 2.84 bits per heavy atom. The summed E-state index contributed by atoms with van der Waals surface area (Å²) in [5.41, 5.74) is 1.15. The van der Waals surface area contributed by atoms with Crippen molar-refractivity contribution in [2.24, 2.45) is 0 Å². The first-order valence-corrected chi connectivity index (χ1v) is 6.18. The third-order valence-electron chi connectivity index (χ3n) is 2.38. The molecule has 0 saturated heterocycles. The molecule has 1 aromatic carbocycles. The average Bonchev–Trinajstić information content (AvgIpc) is 2.40.